The molecule has 2 N–H and O–H groups in total. The predicted molar refractivity (Wildman–Crippen MR) is 94.7 cm³/mol. The number of rotatable bonds is 8. The summed E-state index contributed by atoms with van der Waals surface area (Å²) in [6.07, 6.45) is 4.97. The van der Waals surface area contributed by atoms with E-state index in [1.54, 1.807) is 0 Å². The molecule has 0 radical (unpaired) electrons. The molecule has 5 heteroatoms. The van der Waals surface area contributed by atoms with Crippen LogP contribution < -0.4 is 5.32 Å². The molecule has 3 rings (SSSR count). The second-order valence-corrected chi connectivity index (χ2v) is 6.69. The van der Waals surface area contributed by atoms with Crippen molar-refractivity contribution < 1.29 is 19.4 Å². The van der Waals surface area contributed by atoms with Crippen molar-refractivity contribution in [3.05, 3.63) is 47.7 Å². The van der Waals surface area contributed by atoms with Crippen molar-refractivity contribution in [3.8, 4) is 0 Å². The minimum absolute atomic E-state index is 0.0259. The molecular formula is C20H27NO4. The lowest BCUT2D eigenvalue weighted by Crippen LogP contribution is -2.39. The molecule has 5 nitrogen and oxygen atoms in total. The van der Waals surface area contributed by atoms with Crippen LogP contribution in [-0.2, 0) is 14.3 Å². The topological polar surface area (TPSA) is 67.8 Å². The van der Waals surface area contributed by atoms with Gasteiger partial charge in [-0.15, -0.1) is 0 Å². The van der Waals surface area contributed by atoms with E-state index in [2.05, 4.69) is 17.4 Å². The Morgan fingerprint density at radius 3 is 2.72 bits per heavy atom. The summed E-state index contributed by atoms with van der Waals surface area (Å²) in [4.78, 5) is 12.5. The first-order valence-corrected chi connectivity index (χ1v) is 9.19. The molecule has 1 aromatic carbocycles. The normalized spacial score (nSPS) is 25.8. The van der Waals surface area contributed by atoms with Crippen molar-refractivity contribution in [3.63, 3.8) is 0 Å². The van der Waals surface area contributed by atoms with Gasteiger partial charge in [0, 0.05) is 31.1 Å². The van der Waals surface area contributed by atoms with Gasteiger partial charge in [-0.1, -0.05) is 30.3 Å². The fraction of sp³-hybridized carbons (Fsp3) is 0.550. The van der Waals surface area contributed by atoms with Crippen molar-refractivity contribution in [2.24, 2.45) is 5.92 Å². The van der Waals surface area contributed by atoms with Gasteiger partial charge in [0.15, 0.2) is 5.76 Å². The molecule has 0 unspecified atom stereocenters. The molecule has 1 amide bonds. The number of nitrogens with one attached hydrogen (secondary N) is 1. The molecule has 1 aromatic rings. The highest BCUT2D eigenvalue weighted by Gasteiger charge is 2.38. The molecule has 0 saturated heterocycles. The van der Waals surface area contributed by atoms with Crippen LogP contribution in [0.5, 0.6) is 0 Å². The van der Waals surface area contributed by atoms with E-state index in [9.17, 15) is 9.90 Å². The first-order valence-electron chi connectivity index (χ1n) is 9.19. The van der Waals surface area contributed by atoms with Gasteiger partial charge in [0.05, 0.1) is 0 Å². The van der Waals surface area contributed by atoms with E-state index in [0.717, 1.165) is 24.8 Å². The average Bonchev–Trinajstić information content (AvgIpc) is 3.45. The fourth-order valence-electron chi connectivity index (χ4n) is 3.30. The molecule has 136 valence electrons. The van der Waals surface area contributed by atoms with Crippen LogP contribution in [0.25, 0.3) is 0 Å². The van der Waals surface area contributed by atoms with Crippen molar-refractivity contribution in [2.75, 3.05) is 13.2 Å². The predicted octanol–water partition coefficient (Wildman–Crippen LogP) is 2.71. The Morgan fingerprint density at radius 1 is 1.32 bits per heavy atom. The number of aliphatic hydroxyl groups is 1. The lowest BCUT2D eigenvalue weighted by molar-refractivity contribution is -0.166. The van der Waals surface area contributed by atoms with Crippen LogP contribution in [0.2, 0.25) is 0 Å². The summed E-state index contributed by atoms with van der Waals surface area (Å²) < 4.78 is 11.7. The van der Waals surface area contributed by atoms with E-state index in [1.807, 2.05) is 31.2 Å². The smallest absolute Gasteiger partial charge is 0.286 e. The third kappa shape index (κ3) is 4.61. The lowest BCUT2D eigenvalue weighted by atomic mass is 9.80. The third-order valence-corrected chi connectivity index (χ3v) is 4.73. The Kier molecular flexibility index (Phi) is 6.10. The van der Waals surface area contributed by atoms with E-state index in [4.69, 9.17) is 9.47 Å². The van der Waals surface area contributed by atoms with Gasteiger partial charge in [-0.25, -0.2) is 0 Å². The van der Waals surface area contributed by atoms with Crippen molar-refractivity contribution in [2.45, 2.75) is 50.9 Å². The summed E-state index contributed by atoms with van der Waals surface area (Å²) >= 11 is 0. The zero-order valence-electron chi connectivity index (χ0n) is 14.7. The van der Waals surface area contributed by atoms with E-state index in [-0.39, 0.29) is 30.4 Å². The molecule has 0 spiro atoms. The monoisotopic (exact) mass is 345 g/mol. The molecule has 1 saturated carbocycles. The maximum absolute atomic E-state index is 12.5. The number of carbonyl (C=O) groups excluding carboxylic acids is 1. The maximum atomic E-state index is 12.5. The highest BCUT2D eigenvalue weighted by atomic mass is 16.7. The zero-order valence-corrected chi connectivity index (χ0v) is 14.7. The maximum Gasteiger partial charge on any atom is 0.286 e. The molecule has 1 aliphatic carbocycles. The lowest BCUT2D eigenvalue weighted by Gasteiger charge is -2.37. The Morgan fingerprint density at radius 2 is 2.08 bits per heavy atom. The SMILES string of the molecule is CCO[C@@H]1OC(C(=O)NC2CC2)=C[C@H](c2ccccc2)[C@H]1CCCO. The number of amides is 1. The second kappa shape index (κ2) is 8.50. The number of allylic oxidation sites excluding steroid dienone is 1. The van der Waals surface area contributed by atoms with Crippen LogP contribution in [0, 0.1) is 5.92 Å². The molecule has 0 aromatic heterocycles. The molecule has 1 aliphatic heterocycles. The van der Waals surface area contributed by atoms with Gasteiger partial charge in [0.1, 0.15) is 0 Å². The minimum Gasteiger partial charge on any atom is -0.459 e. The molecule has 1 heterocycles. The first-order chi connectivity index (χ1) is 12.2. The number of hydrogen-bond donors (Lipinski definition) is 2. The highest BCUT2D eigenvalue weighted by Crippen LogP contribution is 2.39. The van der Waals surface area contributed by atoms with Crippen LogP contribution in [-0.4, -0.2) is 36.6 Å². The van der Waals surface area contributed by atoms with Gasteiger partial charge < -0.3 is 19.9 Å². The van der Waals surface area contributed by atoms with Gasteiger partial charge in [0.25, 0.3) is 5.91 Å². The van der Waals surface area contributed by atoms with E-state index >= 15 is 0 Å². The third-order valence-electron chi connectivity index (χ3n) is 4.73. The van der Waals surface area contributed by atoms with Gasteiger partial charge in [-0.2, -0.15) is 0 Å². The van der Waals surface area contributed by atoms with E-state index in [1.165, 1.54) is 0 Å². The van der Waals surface area contributed by atoms with Crippen LogP contribution >= 0.6 is 0 Å². The number of ether oxygens (including phenoxy) is 2. The Balaban J connectivity index is 1.88. The molecule has 1 fully saturated rings. The Bertz CT molecular complexity index is 597. The van der Waals surface area contributed by atoms with Crippen LogP contribution in [0.1, 0.15) is 44.1 Å². The number of carbonyl (C=O) groups is 1. The molecule has 3 atom stereocenters. The molecular weight excluding hydrogens is 318 g/mol. The Labute approximate surface area is 149 Å². The van der Waals surface area contributed by atoms with Gasteiger partial charge in [-0.3, -0.25) is 4.79 Å². The summed E-state index contributed by atoms with van der Waals surface area (Å²) in [5.41, 5.74) is 1.13. The average molecular weight is 345 g/mol. The fourth-order valence-corrected chi connectivity index (χ4v) is 3.30. The Hall–Kier alpha value is -1.85. The van der Waals surface area contributed by atoms with Crippen LogP contribution in [0.3, 0.4) is 0 Å². The second-order valence-electron chi connectivity index (χ2n) is 6.69. The standard InChI is InChI=1S/C20H27NO4/c1-2-24-20-16(9-6-12-22)17(14-7-4-3-5-8-14)13-18(25-20)19(23)21-15-10-11-15/h3-5,7-8,13,15-17,20,22H,2,6,9-12H2,1H3,(H,21,23)/t16-,17-,20-/m1/s1. The summed E-state index contributed by atoms with van der Waals surface area (Å²) in [7, 11) is 0. The quantitative estimate of drug-likeness (QED) is 0.760. The van der Waals surface area contributed by atoms with Crippen molar-refractivity contribution in [1.82, 2.24) is 5.32 Å². The number of benzene rings is 1. The summed E-state index contributed by atoms with van der Waals surface area (Å²) in [6, 6.07) is 10.4. The number of aliphatic hydroxyl groups excluding tert-OH is 1. The van der Waals surface area contributed by atoms with Crippen molar-refractivity contribution >= 4 is 5.91 Å². The summed E-state index contributed by atoms with van der Waals surface area (Å²) in [5, 5.41) is 12.2. The van der Waals surface area contributed by atoms with Crippen LogP contribution in [0.15, 0.2) is 42.2 Å². The minimum atomic E-state index is -0.480. The van der Waals surface area contributed by atoms with Gasteiger partial charge >= 0.3 is 0 Å². The van der Waals surface area contributed by atoms with E-state index < -0.39 is 6.29 Å². The van der Waals surface area contributed by atoms with Crippen molar-refractivity contribution in [1.29, 1.82) is 0 Å². The first kappa shape index (κ1) is 18.0. The van der Waals surface area contributed by atoms with E-state index in [0.29, 0.717) is 18.8 Å². The largest absolute Gasteiger partial charge is 0.459 e. The summed E-state index contributed by atoms with van der Waals surface area (Å²) in [6.45, 7) is 2.57. The highest BCUT2D eigenvalue weighted by molar-refractivity contribution is 5.92. The van der Waals surface area contributed by atoms with Gasteiger partial charge in [0.2, 0.25) is 6.29 Å². The van der Waals surface area contributed by atoms with Crippen LogP contribution in [0.4, 0.5) is 0 Å². The number of hydrogen-bond acceptors (Lipinski definition) is 4. The molecule has 25 heavy (non-hydrogen) atoms. The summed E-state index contributed by atoms with van der Waals surface area (Å²) in [5.74, 6) is 0.276. The van der Waals surface area contributed by atoms with Gasteiger partial charge in [-0.05, 0) is 44.2 Å². The molecule has 0 bridgehead atoms. The zero-order chi connectivity index (χ0) is 17.6. The molecule has 2 aliphatic rings.